The predicted molar refractivity (Wildman–Crippen MR) is 68.7 cm³/mol. The van der Waals surface area contributed by atoms with E-state index in [1.165, 1.54) is 0 Å². The fourth-order valence-electron chi connectivity index (χ4n) is 1.45. The van der Waals surface area contributed by atoms with Gasteiger partial charge in [-0.15, -0.1) is 0 Å². The van der Waals surface area contributed by atoms with Crippen molar-refractivity contribution in [1.82, 2.24) is 0 Å². The molecule has 0 unspecified atom stereocenters. The number of rotatable bonds is 5. The lowest BCUT2D eigenvalue weighted by Gasteiger charge is -2.24. The summed E-state index contributed by atoms with van der Waals surface area (Å²) in [4.78, 5) is 1.93. The molecular weight excluding hydrogens is 203 g/mol. The summed E-state index contributed by atoms with van der Waals surface area (Å²) in [6.07, 6.45) is 1.04. The van der Waals surface area contributed by atoms with Crippen LogP contribution in [0.15, 0.2) is 18.2 Å². The second kappa shape index (κ2) is 5.73. The van der Waals surface area contributed by atoms with Crippen molar-refractivity contribution < 1.29 is 4.39 Å². The highest BCUT2D eigenvalue weighted by atomic mass is 19.1. The zero-order valence-electron chi connectivity index (χ0n) is 10.5. The number of nitrogens with zero attached hydrogens (tertiary/aromatic N) is 1. The average molecular weight is 224 g/mol. The molecule has 1 N–H and O–H groups in total. The summed E-state index contributed by atoms with van der Waals surface area (Å²) < 4.78 is 13.8. The maximum absolute atomic E-state index is 13.8. The van der Waals surface area contributed by atoms with Gasteiger partial charge in [0.05, 0.1) is 5.69 Å². The number of hydrogen-bond acceptors (Lipinski definition) is 2. The summed E-state index contributed by atoms with van der Waals surface area (Å²) in [5.41, 5.74) is 1.50. The highest BCUT2D eigenvalue weighted by molar-refractivity contribution is 5.56. The molecule has 0 bridgehead atoms. The lowest BCUT2D eigenvalue weighted by molar-refractivity contribution is 0.614. The summed E-state index contributed by atoms with van der Waals surface area (Å²) in [5, 5.41) is 3.17. The number of anilines is 2. The van der Waals surface area contributed by atoms with Gasteiger partial charge in [0, 0.05) is 25.3 Å². The van der Waals surface area contributed by atoms with E-state index in [2.05, 4.69) is 12.2 Å². The number of hydrogen-bond donors (Lipinski definition) is 1. The molecule has 90 valence electrons. The molecule has 0 saturated heterocycles. The minimum absolute atomic E-state index is 0.169. The van der Waals surface area contributed by atoms with Gasteiger partial charge in [-0.25, -0.2) is 4.39 Å². The number of nitrogens with one attached hydrogen (secondary N) is 1. The molecule has 0 spiro atoms. The maximum atomic E-state index is 13.8. The molecule has 1 rings (SSSR count). The molecule has 0 fully saturated rings. The van der Waals surface area contributed by atoms with Crippen molar-refractivity contribution in [2.75, 3.05) is 23.8 Å². The van der Waals surface area contributed by atoms with E-state index >= 15 is 0 Å². The quantitative estimate of drug-likeness (QED) is 0.823. The van der Waals surface area contributed by atoms with Crippen LogP contribution in [0.2, 0.25) is 0 Å². The third-order valence-electron chi connectivity index (χ3n) is 2.68. The normalized spacial score (nSPS) is 10.6. The van der Waals surface area contributed by atoms with Crippen molar-refractivity contribution in [3.63, 3.8) is 0 Å². The molecule has 0 atom stereocenters. The van der Waals surface area contributed by atoms with Crippen LogP contribution >= 0.6 is 0 Å². The topological polar surface area (TPSA) is 15.3 Å². The Labute approximate surface area is 97.5 Å². The van der Waals surface area contributed by atoms with Crippen molar-refractivity contribution in [2.24, 2.45) is 0 Å². The molecule has 3 heteroatoms. The van der Waals surface area contributed by atoms with Crippen molar-refractivity contribution in [3.05, 3.63) is 24.0 Å². The van der Waals surface area contributed by atoms with Gasteiger partial charge in [0.2, 0.25) is 0 Å². The fourth-order valence-corrected chi connectivity index (χ4v) is 1.45. The van der Waals surface area contributed by atoms with Crippen LogP contribution in [0.4, 0.5) is 15.8 Å². The summed E-state index contributed by atoms with van der Waals surface area (Å²) >= 11 is 0. The minimum atomic E-state index is -0.169. The van der Waals surface area contributed by atoms with Crippen LogP contribution in [0.25, 0.3) is 0 Å². The summed E-state index contributed by atoms with van der Waals surface area (Å²) in [6.45, 7) is 7.05. The van der Waals surface area contributed by atoms with Gasteiger partial charge >= 0.3 is 0 Å². The molecule has 0 radical (unpaired) electrons. The lowest BCUT2D eigenvalue weighted by Crippen LogP contribution is -2.26. The van der Waals surface area contributed by atoms with Gasteiger partial charge in [-0.05, 0) is 38.5 Å². The Morgan fingerprint density at radius 1 is 1.38 bits per heavy atom. The van der Waals surface area contributed by atoms with Crippen molar-refractivity contribution >= 4 is 11.4 Å². The minimum Gasteiger partial charge on any atom is -0.385 e. The second-order valence-corrected chi connectivity index (χ2v) is 4.30. The summed E-state index contributed by atoms with van der Waals surface area (Å²) in [5.74, 6) is -0.169. The first-order valence-electron chi connectivity index (χ1n) is 5.82. The Morgan fingerprint density at radius 2 is 2.06 bits per heavy atom. The van der Waals surface area contributed by atoms with Gasteiger partial charge in [0.25, 0.3) is 0 Å². The highest BCUT2D eigenvalue weighted by Gasteiger charge is 2.10. The Balaban J connectivity index is 2.82. The van der Waals surface area contributed by atoms with Gasteiger partial charge in [-0.2, -0.15) is 0 Å². The molecule has 0 amide bonds. The Kier molecular flexibility index (Phi) is 4.59. The average Bonchev–Trinajstić information content (AvgIpc) is 2.25. The van der Waals surface area contributed by atoms with Crippen molar-refractivity contribution in [1.29, 1.82) is 0 Å². The first kappa shape index (κ1) is 12.8. The fraction of sp³-hybridized carbons (Fsp3) is 0.538. The summed E-state index contributed by atoms with van der Waals surface area (Å²) in [6, 6.07) is 5.61. The zero-order chi connectivity index (χ0) is 12.1. The Hall–Kier alpha value is -1.25. The first-order chi connectivity index (χ1) is 7.56. The van der Waals surface area contributed by atoms with E-state index in [9.17, 15) is 4.39 Å². The van der Waals surface area contributed by atoms with Crippen molar-refractivity contribution in [2.45, 2.75) is 33.2 Å². The monoisotopic (exact) mass is 224 g/mol. The van der Waals surface area contributed by atoms with Gasteiger partial charge in [0.1, 0.15) is 5.82 Å². The van der Waals surface area contributed by atoms with Crippen LogP contribution in [0.5, 0.6) is 0 Å². The molecule has 0 aromatic heterocycles. The second-order valence-electron chi connectivity index (χ2n) is 4.30. The standard InChI is InChI=1S/C13H21FN2/c1-5-8-15-11-6-7-13(12(14)9-11)16(4)10(2)3/h6-7,9-10,15H,5,8H2,1-4H3. The predicted octanol–water partition coefficient (Wildman–Crippen LogP) is 3.49. The largest absolute Gasteiger partial charge is 0.385 e. The molecule has 0 saturated carbocycles. The number of halogens is 1. The van der Waals surface area contributed by atoms with E-state index in [1.807, 2.05) is 37.9 Å². The third-order valence-corrected chi connectivity index (χ3v) is 2.68. The molecule has 1 aromatic carbocycles. The zero-order valence-corrected chi connectivity index (χ0v) is 10.5. The molecule has 0 aliphatic carbocycles. The van der Waals surface area contributed by atoms with E-state index in [4.69, 9.17) is 0 Å². The highest BCUT2D eigenvalue weighted by Crippen LogP contribution is 2.23. The summed E-state index contributed by atoms with van der Waals surface area (Å²) in [7, 11) is 1.90. The van der Waals surface area contributed by atoms with Gasteiger partial charge in [-0.1, -0.05) is 6.92 Å². The maximum Gasteiger partial charge on any atom is 0.148 e. The van der Waals surface area contributed by atoms with Crippen LogP contribution < -0.4 is 10.2 Å². The Bertz CT molecular complexity index is 337. The Morgan fingerprint density at radius 3 is 2.56 bits per heavy atom. The molecule has 0 heterocycles. The van der Waals surface area contributed by atoms with Gasteiger partial charge < -0.3 is 10.2 Å². The van der Waals surface area contributed by atoms with E-state index in [0.29, 0.717) is 11.7 Å². The molecule has 1 aromatic rings. The lowest BCUT2D eigenvalue weighted by atomic mass is 10.2. The van der Waals surface area contributed by atoms with E-state index < -0.39 is 0 Å². The van der Waals surface area contributed by atoms with Crippen LogP contribution in [0, 0.1) is 5.82 Å². The van der Waals surface area contributed by atoms with Crippen LogP contribution in [0.3, 0.4) is 0 Å². The molecule has 16 heavy (non-hydrogen) atoms. The van der Waals surface area contributed by atoms with E-state index in [-0.39, 0.29) is 5.82 Å². The van der Waals surface area contributed by atoms with Crippen LogP contribution in [-0.4, -0.2) is 19.6 Å². The smallest absolute Gasteiger partial charge is 0.148 e. The molecule has 0 aliphatic rings. The number of benzene rings is 1. The SMILES string of the molecule is CCCNc1ccc(N(C)C(C)C)c(F)c1. The van der Waals surface area contributed by atoms with Crippen LogP contribution in [0.1, 0.15) is 27.2 Å². The van der Waals surface area contributed by atoms with Crippen molar-refractivity contribution in [3.8, 4) is 0 Å². The molecule has 2 nitrogen and oxygen atoms in total. The molecular formula is C13H21FN2. The van der Waals surface area contributed by atoms with E-state index in [0.717, 1.165) is 18.7 Å². The third kappa shape index (κ3) is 3.12. The van der Waals surface area contributed by atoms with Gasteiger partial charge in [0.15, 0.2) is 0 Å². The molecule has 0 aliphatic heterocycles. The van der Waals surface area contributed by atoms with Crippen LogP contribution in [-0.2, 0) is 0 Å². The van der Waals surface area contributed by atoms with Gasteiger partial charge in [-0.3, -0.25) is 0 Å². The first-order valence-corrected chi connectivity index (χ1v) is 5.82. The van der Waals surface area contributed by atoms with E-state index in [1.54, 1.807) is 6.07 Å².